The minimum absolute atomic E-state index is 0.0115. The largest absolute Gasteiger partial charge is 0.449 e. The molecule has 0 aliphatic carbocycles. The van der Waals surface area contributed by atoms with E-state index >= 15 is 0 Å². The van der Waals surface area contributed by atoms with Crippen LogP contribution < -0.4 is 4.74 Å². The maximum atomic E-state index is 12.9. The van der Waals surface area contributed by atoms with E-state index in [1.165, 1.54) is 18.2 Å². The van der Waals surface area contributed by atoms with Gasteiger partial charge in [-0.1, -0.05) is 17.7 Å². The summed E-state index contributed by atoms with van der Waals surface area (Å²) in [5, 5.41) is 11.0. The van der Waals surface area contributed by atoms with Crippen molar-refractivity contribution in [2.45, 2.75) is 5.88 Å². The molecule has 0 aromatic heterocycles. The van der Waals surface area contributed by atoms with Crippen molar-refractivity contribution in [3.8, 4) is 11.5 Å². The molecule has 0 saturated heterocycles. The van der Waals surface area contributed by atoms with Gasteiger partial charge in [0.05, 0.1) is 9.95 Å². The predicted octanol–water partition coefficient (Wildman–Crippen LogP) is 4.92. The van der Waals surface area contributed by atoms with Crippen LogP contribution >= 0.6 is 23.2 Å². The van der Waals surface area contributed by atoms with Crippen molar-refractivity contribution < 1.29 is 14.1 Å². The Labute approximate surface area is 123 Å². The minimum atomic E-state index is -0.581. The molecule has 2 aromatic carbocycles. The molecular weight excluding hydrogens is 308 g/mol. The van der Waals surface area contributed by atoms with Crippen LogP contribution in [0.5, 0.6) is 11.5 Å². The van der Waals surface area contributed by atoms with E-state index in [-0.39, 0.29) is 28.1 Å². The number of hydrogen-bond donors (Lipinski definition) is 0. The number of nitro benzene ring substituents is 1. The molecule has 0 aliphatic heterocycles. The minimum Gasteiger partial charge on any atom is -0.449 e. The molecular formula is C13H8Cl2FNO3. The standard InChI is InChI=1S/C13H8Cl2FNO3/c14-7-8-1-3-13(11(5-8)17(18)19)20-12-4-2-9(16)6-10(12)15/h1-6H,7H2. The molecule has 2 aromatic rings. The molecule has 0 unspecified atom stereocenters. The normalized spacial score (nSPS) is 10.3. The van der Waals surface area contributed by atoms with Crippen molar-refractivity contribution in [2.75, 3.05) is 0 Å². The SMILES string of the molecule is O=[N+]([O-])c1cc(CCl)ccc1Oc1ccc(F)cc1Cl. The first kappa shape index (κ1) is 14.6. The molecule has 0 saturated carbocycles. The van der Waals surface area contributed by atoms with Crippen molar-refractivity contribution in [2.24, 2.45) is 0 Å². The van der Waals surface area contributed by atoms with Gasteiger partial charge in [-0.3, -0.25) is 10.1 Å². The summed E-state index contributed by atoms with van der Waals surface area (Å²) in [6, 6.07) is 7.87. The zero-order valence-electron chi connectivity index (χ0n) is 9.98. The Kier molecular flexibility index (Phi) is 4.42. The number of rotatable bonds is 4. The van der Waals surface area contributed by atoms with E-state index in [1.54, 1.807) is 6.07 Å². The Morgan fingerprint density at radius 2 is 1.90 bits per heavy atom. The maximum absolute atomic E-state index is 12.9. The van der Waals surface area contributed by atoms with Crippen molar-refractivity contribution in [3.05, 3.63) is 62.9 Å². The number of benzene rings is 2. The number of hydrogen-bond acceptors (Lipinski definition) is 3. The summed E-state index contributed by atoms with van der Waals surface area (Å²) in [6.45, 7) is 0. The molecule has 0 amide bonds. The highest BCUT2D eigenvalue weighted by Gasteiger charge is 2.17. The van der Waals surface area contributed by atoms with Gasteiger partial charge < -0.3 is 4.74 Å². The summed E-state index contributed by atoms with van der Waals surface area (Å²) < 4.78 is 18.3. The highest BCUT2D eigenvalue weighted by molar-refractivity contribution is 6.32. The van der Waals surface area contributed by atoms with Crippen LogP contribution in [0.1, 0.15) is 5.56 Å². The van der Waals surface area contributed by atoms with Gasteiger partial charge >= 0.3 is 5.69 Å². The second-order valence-corrected chi connectivity index (χ2v) is 4.54. The van der Waals surface area contributed by atoms with Crippen molar-refractivity contribution >= 4 is 28.9 Å². The first-order valence-electron chi connectivity index (χ1n) is 5.47. The zero-order valence-corrected chi connectivity index (χ0v) is 11.5. The summed E-state index contributed by atoms with van der Waals surface area (Å²) in [5.41, 5.74) is 0.361. The Morgan fingerprint density at radius 3 is 2.50 bits per heavy atom. The number of ether oxygens (including phenoxy) is 1. The van der Waals surface area contributed by atoms with Crippen LogP contribution in [-0.4, -0.2) is 4.92 Å². The van der Waals surface area contributed by atoms with E-state index in [0.717, 1.165) is 12.1 Å². The predicted molar refractivity (Wildman–Crippen MR) is 74.1 cm³/mol. The lowest BCUT2D eigenvalue weighted by Gasteiger charge is -2.08. The number of nitrogens with zero attached hydrogens (tertiary/aromatic N) is 1. The molecule has 20 heavy (non-hydrogen) atoms. The van der Waals surface area contributed by atoms with Crippen molar-refractivity contribution in [1.29, 1.82) is 0 Å². The lowest BCUT2D eigenvalue weighted by atomic mass is 10.2. The molecule has 4 nitrogen and oxygen atoms in total. The third kappa shape index (κ3) is 3.18. The van der Waals surface area contributed by atoms with Gasteiger partial charge in [-0.2, -0.15) is 0 Å². The molecule has 7 heteroatoms. The first-order valence-corrected chi connectivity index (χ1v) is 6.38. The third-order valence-electron chi connectivity index (χ3n) is 2.49. The van der Waals surface area contributed by atoms with Crippen LogP contribution in [0.4, 0.5) is 10.1 Å². The molecule has 0 N–H and O–H groups in total. The van der Waals surface area contributed by atoms with E-state index in [9.17, 15) is 14.5 Å². The van der Waals surface area contributed by atoms with Crippen LogP contribution in [0, 0.1) is 15.9 Å². The Morgan fingerprint density at radius 1 is 1.20 bits per heavy atom. The van der Waals surface area contributed by atoms with E-state index < -0.39 is 10.7 Å². The average Bonchev–Trinajstić information content (AvgIpc) is 2.42. The quantitative estimate of drug-likeness (QED) is 0.457. The van der Waals surface area contributed by atoms with Gasteiger partial charge in [0, 0.05) is 11.9 Å². The van der Waals surface area contributed by atoms with Gasteiger partial charge in [-0.25, -0.2) is 4.39 Å². The van der Waals surface area contributed by atoms with Gasteiger partial charge in [-0.05, 0) is 29.8 Å². The van der Waals surface area contributed by atoms with E-state index in [2.05, 4.69) is 0 Å². The Hall–Kier alpha value is -1.85. The van der Waals surface area contributed by atoms with E-state index in [4.69, 9.17) is 27.9 Å². The molecule has 2 rings (SSSR count). The number of halogens is 3. The highest BCUT2D eigenvalue weighted by Crippen LogP contribution is 2.35. The molecule has 0 radical (unpaired) electrons. The van der Waals surface area contributed by atoms with Crippen molar-refractivity contribution in [1.82, 2.24) is 0 Å². The molecule has 0 heterocycles. The fourth-order valence-corrected chi connectivity index (χ4v) is 1.92. The monoisotopic (exact) mass is 315 g/mol. The fourth-order valence-electron chi connectivity index (χ4n) is 1.55. The van der Waals surface area contributed by atoms with Gasteiger partial charge in [0.15, 0.2) is 0 Å². The van der Waals surface area contributed by atoms with Crippen LogP contribution in [0.3, 0.4) is 0 Å². The van der Waals surface area contributed by atoms with Gasteiger partial charge in [0.1, 0.15) is 11.6 Å². The van der Waals surface area contributed by atoms with E-state index in [0.29, 0.717) is 5.56 Å². The molecule has 0 bridgehead atoms. The smallest absolute Gasteiger partial charge is 0.311 e. The summed E-state index contributed by atoms with van der Waals surface area (Å²) in [6.07, 6.45) is 0. The average molecular weight is 316 g/mol. The van der Waals surface area contributed by atoms with Crippen LogP contribution in [0.2, 0.25) is 5.02 Å². The van der Waals surface area contributed by atoms with Gasteiger partial charge in [0.2, 0.25) is 5.75 Å². The summed E-state index contributed by atoms with van der Waals surface area (Å²) in [7, 11) is 0. The second kappa shape index (κ2) is 6.07. The Balaban J connectivity index is 2.40. The lowest BCUT2D eigenvalue weighted by Crippen LogP contribution is -1.95. The molecule has 0 aliphatic rings. The van der Waals surface area contributed by atoms with E-state index in [1.807, 2.05) is 0 Å². The van der Waals surface area contributed by atoms with Gasteiger partial charge in [0.25, 0.3) is 0 Å². The molecule has 0 atom stereocenters. The lowest BCUT2D eigenvalue weighted by molar-refractivity contribution is -0.385. The molecule has 0 fully saturated rings. The summed E-state index contributed by atoms with van der Waals surface area (Å²) in [5.74, 6) is -0.222. The number of alkyl halides is 1. The fraction of sp³-hybridized carbons (Fsp3) is 0.0769. The molecule has 104 valence electrons. The second-order valence-electron chi connectivity index (χ2n) is 3.87. The number of nitro groups is 1. The third-order valence-corrected chi connectivity index (χ3v) is 3.09. The molecule has 0 spiro atoms. The highest BCUT2D eigenvalue weighted by atomic mass is 35.5. The van der Waals surface area contributed by atoms with Crippen LogP contribution in [-0.2, 0) is 5.88 Å². The van der Waals surface area contributed by atoms with Gasteiger partial charge in [-0.15, -0.1) is 11.6 Å². The van der Waals surface area contributed by atoms with Crippen molar-refractivity contribution in [3.63, 3.8) is 0 Å². The summed E-state index contributed by atoms with van der Waals surface area (Å²) >= 11 is 11.4. The summed E-state index contributed by atoms with van der Waals surface area (Å²) in [4.78, 5) is 10.4. The Bertz CT molecular complexity index is 664. The zero-order chi connectivity index (χ0) is 14.7. The first-order chi connectivity index (χ1) is 9.51. The van der Waals surface area contributed by atoms with Crippen LogP contribution in [0.25, 0.3) is 0 Å². The topological polar surface area (TPSA) is 52.4 Å². The maximum Gasteiger partial charge on any atom is 0.311 e. The van der Waals surface area contributed by atoms with Crippen LogP contribution in [0.15, 0.2) is 36.4 Å².